The van der Waals surface area contributed by atoms with Gasteiger partial charge >= 0.3 is 0 Å². The van der Waals surface area contributed by atoms with Crippen molar-refractivity contribution in [2.75, 3.05) is 7.11 Å². The van der Waals surface area contributed by atoms with Crippen LogP contribution in [0.4, 0.5) is 0 Å². The molecule has 0 radical (unpaired) electrons. The molecule has 17 heavy (non-hydrogen) atoms. The van der Waals surface area contributed by atoms with Crippen LogP contribution in [0.15, 0.2) is 12.1 Å². The number of unbranched alkanes of at least 4 members (excludes halogenated alkanes) is 1. The molecule has 0 aromatic heterocycles. The minimum absolute atomic E-state index is 0. The molecule has 5 heteroatoms. The number of hydrogen-bond acceptors (Lipinski definition) is 3. The quantitative estimate of drug-likeness (QED) is 0.865. The molecule has 0 amide bonds. The van der Waals surface area contributed by atoms with Crippen LogP contribution in [-0.2, 0) is 0 Å². The molecule has 0 saturated carbocycles. The highest BCUT2D eigenvalue weighted by Gasteiger charge is 2.13. The summed E-state index contributed by atoms with van der Waals surface area (Å²) in [6.45, 7) is 2.12. The van der Waals surface area contributed by atoms with Crippen LogP contribution in [0.2, 0.25) is 5.02 Å². The predicted molar refractivity (Wildman–Crippen MR) is 73.4 cm³/mol. The van der Waals surface area contributed by atoms with Crippen LogP contribution in [0.5, 0.6) is 11.5 Å². The molecule has 3 nitrogen and oxygen atoms in total. The maximum atomic E-state index is 9.58. The van der Waals surface area contributed by atoms with Gasteiger partial charge in [0.05, 0.1) is 12.1 Å². The highest BCUT2D eigenvalue weighted by molar-refractivity contribution is 6.32. The van der Waals surface area contributed by atoms with Crippen molar-refractivity contribution in [1.29, 1.82) is 0 Å². The average Bonchev–Trinajstić information content (AvgIpc) is 2.29. The molecular formula is C12H19Cl2NO2. The molecule has 0 fully saturated rings. The fourth-order valence-corrected chi connectivity index (χ4v) is 1.77. The van der Waals surface area contributed by atoms with Crippen molar-refractivity contribution >= 4 is 24.0 Å². The van der Waals surface area contributed by atoms with Gasteiger partial charge in [0.1, 0.15) is 0 Å². The summed E-state index contributed by atoms with van der Waals surface area (Å²) >= 11 is 5.89. The summed E-state index contributed by atoms with van der Waals surface area (Å²) in [7, 11) is 1.49. The van der Waals surface area contributed by atoms with Crippen LogP contribution in [-0.4, -0.2) is 12.2 Å². The van der Waals surface area contributed by atoms with Crippen LogP contribution in [0.25, 0.3) is 0 Å². The van der Waals surface area contributed by atoms with Crippen molar-refractivity contribution in [2.24, 2.45) is 5.73 Å². The number of rotatable bonds is 5. The fourth-order valence-electron chi connectivity index (χ4n) is 1.55. The summed E-state index contributed by atoms with van der Waals surface area (Å²) in [5, 5.41) is 9.86. The number of benzene rings is 1. The van der Waals surface area contributed by atoms with Crippen LogP contribution in [0, 0.1) is 0 Å². The van der Waals surface area contributed by atoms with Crippen LogP contribution in [0.3, 0.4) is 0 Å². The predicted octanol–water partition coefficient (Wildman–Crippen LogP) is 3.67. The summed E-state index contributed by atoms with van der Waals surface area (Å²) in [6.07, 6.45) is 3.08. The zero-order chi connectivity index (χ0) is 12.1. The lowest BCUT2D eigenvalue weighted by Crippen LogP contribution is -2.10. The Bertz CT molecular complexity index is 359. The van der Waals surface area contributed by atoms with Crippen molar-refractivity contribution in [3.63, 3.8) is 0 Å². The van der Waals surface area contributed by atoms with Crippen molar-refractivity contribution < 1.29 is 9.84 Å². The molecule has 0 aliphatic heterocycles. The first-order valence-corrected chi connectivity index (χ1v) is 5.79. The number of aromatic hydroxyl groups is 1. The van der Waals surface area contributed by atoms with E-state index >= 15 is 0 Å². The standard InChI is InChI=1S/C12H18ClNO2.ClH/c1-3-4-5-10(14)8-6-9(13)12(15)11(7-8)16-2;/h6-7,10,15H,3-5,14H2,1-2H3;1H/t10-;/m0./s1. The van der Waals surface area contributed by atoms with Gasteiger partial charge in [-0.2, -0.15) is 0 Å². The Hall–Kier alpha value is -0.640. The molecule has 1 aromatic carbocycles. The van der Waals surface area contributed by atoms with E-state index in [1.165, 1.54) is 7.11 Å². The number of ether oxygens (including phenoxy) is 1. The van der Waals surface area contributed by atoms with E-state index in [-0.39, 0.29) is 29.2 Å². The number of phenols is 1. The molecule has 0 aliphatic rings. The molecule has 1 atom stereocenters. The molecule has 3 N–H and O–H groups in total. The zero-order valence-electron chi connectivity index (χ0n) is 10.1. The minimum Gasteiger partial charge on any atom is -0.503 e. The maximum Gasteiger partial charge on any atom is 0.176 e. The summed E-state index contributed by atoms with van der Waals surface area (Å²) < 4.78 is 5.03. The number of halogens is 2. The van der Waals surface area contributed by atoms with Crippen molar-refractivity contribution in [3.05, 3.63) is 22.7 Å². The van der Waals surface area contributed by atoms with Gasteiger partial charge in [0, 0.05) is 6.04 Å². The molecular weight excluding hydrogens is 261 g/mol. The molecule has 0 spiro atoms. The third kappa shape index (κ3) is 4.26. The average molecular weight is 280 g/mol. The van der Waals surface area contributed by atoms with E-state index in [0.717, 1.165) is 24.8 Å². The number of hydrogen-bond donors (Lipinski definition) is 2. The van der Waals surface area contributed by atoms with Crippen LogP contribution >= 0.6 is 24.0 Å². The smallest absolute Gasteiger partial charge is 0.176 e. The topological polar surface area (TPSA) is 55.5 Å². The number of nitrogens with two attached hydrogens (primary N) is 1. The molecule has 0 bridgehead atoms. The van der Waals surface area contributed by atoms with E-state index in [4.69, 9.17) is 22.1 Å². The number of methoxy groups -OCH3 is 1. The fraction of sp³-hybridized carbons (Fsp3) is 0.500. The van der Waals surface area contributed by atoms with Crippen LogP contribution < -0.4 is 10.5 Å². The molecule has 98 valence electrons. The summed E-state index contributed by atoms with van der Waals surface area (Å²) in [6, 6.07) is 3.37. The first-order valence-electron chi connectivity index (χ1n) is 5.42. The van der Waals surface area contributed by atoms with Gasteiger partial charge in [-0.15, -0.1) is 12.4 Å². The maximum absolute atomic E-state index is 9.58. The second-order valence-electron chi connectivity index (χ2n) is 3.80. The Balaban J connectivity index is 0.00000256. The van der Waals surface area contributed by atoms with E-state index in [9.17, 15) is 5.11 Å². The molecule has 0 saturated heterocycles. The van der Waals surface area contributed by atoms with E-state index in [2.05, 4.69) is 6.92 Å². The normalized spacial score (nSPS) is 11.8. The first-order chi connectivity index (χ1) is 7.60. The second-order valence-corrected chi connectivity index (χ2v) is 4.21. The summed E-state index contributed by atoms with van der Waals surface area (Å²) in [4.78, 5) is 0. The Labute approximate surface area is 113 Å². The van der Waals surface area contributed by atoms with Gasteiger partial charge in [-0.25, -0.2) is 0 Å². The molecule has 1 aromatic rings. The van der Waals surface area contributed by atoms with Gasteiger partial charge in [0.2, 0.25) is 0 Å². The summed E-state index contributed by atoms with van der Waals surface area (Å²) in [5.74, 6) is 0.338. The lowest BCUT2D eigenvalue weighted by Gasteiger charge is -2.14. The van der Waals surface area contributed by atoms with Gasteiger partial charge in [-0.1, -0.05) is 31.4 Å². The molecule has 0 unspecified atom stereocenters. The van der Waals surface area contributed by atoms with E-state index in [0.29, 0.717) is 5.75 Å². The lowest BCUT2D eigenvalue weighted by atomic mass is 10.0. The highest BCUT2D eigenvalue weighted by Crippen LogP contribution is 2.36. The van der Waals surface area contributed by atoms with Gasteiger partial charge in [-0.3, -0.25) is 0 Å². The molecule has 0 aliphatic carbocycles. The van der Waals surface area contributed by atoms with Gasteiger partial charge in [-0.05, 0) is 24.1 Å². The van der Waals surface area contributed by atoms with Gasteiger partial charge < -0.3 is 15.6 Å². The third-order valence-electron chi connectivity index (χ3n) is 2.57. The van der Waals surface area contributed by atoms with E-state index in [1.807, 2.05) is 0 Å². The first kappa shape index (κ1) is 16.4. The van der Waals surface area contributed by atoms with E-state index in [1.54, 1.807) is 12.1 Å². The van der Waals surface area contributed by atoms with Gasteiger partial charge in [0.15, 0.2) is 11.5 Å². The Morgan fingerprint density at radius 1 is 1.47 bits per heavy atom. The third-order valence-corrected chi connectivity index (χ3v) is 2.86. The van der Waals surface area contributed by atoms with Crippen molar-refractivity contribution in [2.45, 2.75) is 32.2 Å². The van der Waals surface area contributed by atoms with E-state index < -0.39 is 0 Å². The number of phenolic OH excluding ortho intramolecular Hbond substituents is 1. The SMILES string of the molecule is CCCC[C@H](N)c1cc(Cl)c(O)c(OC)c1.Cl. The zero-order valence-corrected chi connectivity index (χ0v) is 11.6. The molecule has 1 rings (SSSR count). The van der Waals surface area contributed by atoms with Gasteiger partial charge in [0.25, 0.3) is 0 Å². The van der Waals surface area contributed by atoms with Crippen molar-refractivity contribution in [1.82, 2.24) is 0 Å². The monoisotopic (exact) mass is 279 g/mol. The lowest BCUT2D eigenvalue weighted by molar-refractivity contribution is 0.372. The summed E-state index contributed by atoms with van der Waals surface area (Å²) in [5.41, 5.74) is 6.92. The van der Waals surface area contributed by atoms with Crippen molar-refractivity contribution in [3.8, 4) is 11.5 Å². The largest absolute Gasteiger partial charge is 0.503 e. The second kappa shape index (κ2) is 7.64. The van der Waals surface area contributed by atoms with Crippen LogP contribution in [0.1, 0.15) is 37.8 Å². The highest BCUT2D eigenvalue weighted by atomic mass is 35.5. The Morgan fingerprint density at radius 3 is 2.65 bits per heavy atom. The Morgan fingerprint density at radius 2 is 2.12 bits per heavy atom. The Kier molecular flexibility index (Phi) is 7.35. The molecule has 0 heterocycles. The minimum atomic E-state index is -0.0630.